The molecule has 0 radical (unpaired) electrons. The number of aliphatic hydroxyl groups is 1. The number of aromatic hydroxyl groups is 2. The molecule has 9 N–H and O–H groups in total. The Morgan fingerprint density at radius 3 is 1.46 bits per heavy atom. The molecule has 22 rings (SSSR count). The molecule has 8 bridgehead atoms. The van der Waals surface area contributed by atoms with Gasteiger partial charge in [0, 0.05) is 123 Å². The topological polar surface area (TPSA) is 350 Å². The summed E-state index contributed by atoms with van der Waals surface area (Å²) in [5.74, 6) is 3.37. The van der Waals surface area contributed by atoms with Crippen molar-refractivity contribution in [1.82, 2.24) is 41.0 Å². The van der Waals surface area contributed by atoms with Gasteiger partial charge in [0.05, 0.1) is 86.6 Å². The first-order valence-corrected chi connectivity index (χ1v) is 39.4. The van der Waals surface area contributed by atoms with Crippen molar-refractivity contribution in [3.8, 4) is 75.1 Å². The number of H-pyrrole nitrogens is 2. The minimum absolute atomic E-state index is 0.0417. The fraction of sp³-hybridized carbons (Fsp3) is 0.444. The molecule has 111 heavy (non-hydrogen) atoms. The molecule has 14 aliphatic rings. The largest absolute Gasteiger partial charge is 0.504 e. The Labute approximate surface area is 645 Å². The molecule has 0 amide bonds. The molecule has 14 atom stereocenters. The number of esters is 4. The molecule has 4 fully saturated rings. The number of fused-ring (bicyclic) bond motifs is 22. The molecular weight excluding hydrogens is 1470 g/mol. The number of aryl methyl sites for hydroxylation is 2. The number of hydrogen-bond donors (Lipinski definition) is 9. The van der Waals surface area contributed by atoms with Gasteiger partial charge in [0.2, 0.25) is 13.6 Å². The van der Waals surface area contributed by atoms with Crippen LogP contribution in [0.25, 0.3) is 21.8 Å². The summed E-state index contributed by atoms with van der Waals surface area (Å²) >= 11 is 3.03. The molecule has 30 heteroatoms. The fourth-order valence-corrected chi connectivity index (χ4v) is 23.9. The summed E-state index contributed by atoms with van der Waals surface area (Å²) in [6.45, 7) is 10.9. The zero-order chi connectivity index (χ0) is 76.9. The summed E-state index contributed by atoms with van der Waals surface area (Å²) in [5, 5.41) is 62.9. The minimum atomic E-state index is -1.29. The second-order valence-electron chi connectivity index (χ2n) is 30.6. The van der Waals surface area contributed by atoms with E-state index in [-0.39, 0.29) is 55.8 Å². The lowest BCUT2D eigenvalue weighted by molar-refractivity contribution is -0.164. The lowest BCUT2D eigenvalue weighted by Crippen LogP contribution is -2.69. The van der Waals surface area contributed by atoms with Crippen molar-refractivity contribution in [2.24, 2.45) is 0 Å². The number of aliphatic hydroxyl groups excluding tert-OH is 1. The van der Waals surface area contributed by atoms with Crippen LogP contribution < -0.4 is 68.6 Å². The number of carbonyl (C=O) groups is 4. The van der Waals surface area contributed by atoms with E-state index >= 15 is 0 Å². The van der Waals surface area contributed by atoms with Crippen molar-refractivity contribution in [1.29, 1.82) is 5.26 Å². The Bertz CT molecular complexity index is 5410. The summed E-state index contributed by atoms with van der Waals surface area (Å²) in [7, 11) is 6.35. The highest BCUT2D eigenvalue weighted by atomic mass is 32.2. The number of rotatable bonds is 6. The first-order valence-electron chi connectivity index (χ1n) is 37.3. The predicted molar refractivity (Wildman–Crippen MR) is 404 cm³/mol. The molecule has 0 aliphatic carbocycles. The van der Waals surface area contributed by atoms with Gasteiger partial charge in [0.15, 0.2) is 57.1 Å². The molecule has 28 nitrogen and oxygen atoms in total. The van der Waals surface area contributed by atoms with Crippen LogP contribution in [0.3, 0.4) is 0 Å². The van der Waals surface area contributed by atoms with Gasteiger partial charge in [0.25, 0.3) is 0 Å². The number of hydrogen-bond acceptors (Lipinski definition) is 28. The smallest absolute Gasteiger partial charge is 0.333 e. The summed E-state index contributed by atoms with van der Waals surface area (Å²) in [6.07, 6.45) is 1.25. The number of piperazine rings is 2. The van der Waals surface area contributed by atoms with Crippen LogP contribution in [0.2, 0.25) is 0 Å². The Morgan fingerprint density at radius 1 is 0.568 bits per heavy atom. The zero-order valence-corrected chi connectivity index (χ0v) is 64.2. The molecule has 16 heterocycles. The molecule has 4 saturated heterocycles. The van der Waals surface area contributed by atoms with Crippen LogP contribution in [0.1, 0.15) is 138 Å². The maximum absolute atomic E-state index is 14.9. The van der Waals surface area contributed by atoms with Gasteiger partial charge in [-0.15, -0.1) is 23.5 Å². The molecule has 2 unspecified atom stereocenters. The molecular formula is C81H83N9O19S2. The Balaban J connectivity index is 0.000000150. The number of ether oxygens (including phenoxy) is 12. The van der Waals surface area contributed by atoms with Crippen molar-refractivity contribution in [3.05, 3.63) is 138 Å². The molecule has 0 saturated carbocycles. The predicted octanol–water partition coefficient (Wildman–Crippen LogP) is 8.27. The number of nitrogens with zero attached hydrogens (tertiary/aromatic N) is 3. The highest BCUT2D eigenvalue weighted by molar-refractivity contribution is 7.99. The summed E-state index contributed by atoms with van der Waals surface area (Å²) in [4.78, 5) is 66.8. The first kappa shape index (κ1) is 71.5. The summed E-state index contributed by atoms with van der Waals surface area (Å²) < 4.78 is 72.3. The third-order valence-corrected chi connectivity index (χ3v) is 27.9. The van der Waals surface area contributed by atoms with Gasteiger partial charge in [-0.25, -0.2) is 9.59 Å². The fourth-order valence-electron chi connectivity index (χ4n) is 20.5. The lowest BCUT2D eigenvalue weighted by Gasteiger charge is -2.59. The van der Waals surface area contributed by atoms with Gasteiger partial charge in [-0.3, -0.25) is 30.0 Å². The lowest BCUT2D eigenvalue weighted by atomic mass is 9.72. The van der Waals surface area contributed by atoms with E-state index < -0.39 is 100 Å². The monoisotopic (exact) mass is 1550 g/mol. The van der Waals surface area contributed by atoms with Crippen molar-refractivity contribution in [2.45, 2.75) is 149 Å². The second kappa shape index (κ2) is 26.4. The van der Waals surface area contributed by atoms with E-state index in [0.717, 1.165) is 72.3 Å². The van der Waals surface area contributed by atoms with E-state index in [2.05, 4.69) is 42.2 Å². The van der Waals surface area contributed by atoms with Crippen LogP contribution in [0.4, 0.5) is 0 Å². The van der Waals surface area contributed by atoms with E-state index in [1.807, 2.05) is 81.1 Å². The van der Waals surface area contributed by atoms with Crippen LogP contribution >= 0.6 is 23.5 Å². The van der Waals surface area contributed by atoms with Crippen LogP contribution in [0, 0.1) is 39.0 Å². The average molecular weight is 1550 g/mol. The summed E-state index contributed by atoms with van der Waals surface area (Å²) in [5.41, 5.74) is 11.5. The highest BCUT2D eigenvalue weighted by Gasteiger charge is 2.63. The second-order valence-corrected chi connectivity index (χ2v) is 32.8. The third-order valence-electron chi connectivity index (χ3n) is 25.0. The number of aromatic nitrogens is 2. The van der Waals surface area contributed by atoms with Crippen molar-refractivity contribution >= 4 is 69.2 Å². The van der Waals surface area contributed by atoms with E-state index in [9.17, 15) is 39.8 Å². The normalized spacial score (nSPS) is 28.6. The molecule has 6 aromatic carbocycles. The van der Waals surface area contributed by atoms with Gasteiger partial charge in [-0.1, -0.05) is 12.1 Å². The average Bonchev–Trinajstić information content (AvgIpc) is 1.28. The summed E-state index contributed by atoms with van der Waals surface area (Å²) in [6, 6.07) is 13.4. The van der Waals surface area contributed by atoms with Crippen LogP contribution in [-0.2, 0) is 65.4 Å². The van der Waals surface area contributed by atoms with Gasteiger partial charge in [0.1, 0.15) is 48.5 Å². The van der Waals surface area contributed by atoms with Crippen molar-refractivity contribution in [3.63, 3.8) is 0 Å². The van der Waals surface area contributed by atoms with Gasteiger partial charge in [-0.05, 0) is 123 Å². The van der Waals surface area contributed by atoms with Crippen LogP contribution in [0.5, 0.6) is 69.0 Å². The Hall–Kier alpha value is -9.81. The molecule has 578 valence electrons. The van der Waals surface area contributed by atoms with Gasteiger partial charge in [-0.2, -0.15) is 5.26 Å². The molecule has 14 aliphatic heterocycles. The quantitative estimate of drug-likeness (QED) is 0.0558. The zero-order valence-electron chi connectivity index (χ0n) is 62.6. The van der Waals surface area contributed by atoms with Crippen molar-refractivity contribution in [2.75, 3.05) is 79.8 Å². The molecule has 2 aromatic heterocycles. The Morgan fingerprint density at radius 2 is 1.01 bits per heavy atom. The number of carbonyl (C=O) groups excluding carboxylic acids is 4. The van der Waals surface area contributed by atoms with Gasteiger partial charge < -0.3 is 92.8 Å². The number of methoxy groups -OCH3 is 4. The number of aromatic amines is 2. The third kappa shape index (κ3) is 10.3. The SMILES string of the molecule is COc1ccc2[nH]c3c(c2c1)CCN[C@]31CS[C@@H]2c3c(OC(C)=O)c(C)c4c(c3[C@H](COC1=O)N1C2[C@@H]2N[C@@H](Cc3cc(C)c(OC)c(O)c32)[C@@H]1C#N)OCO4.COc1ccc2[nH]c3c(c2c1)CCN[C@]31CS[C@@H]2c3c(OC(C)=O)c(C)c4c(c3[C@H](COC1=O)N1C2[C@@H]2N[C@@H](Cc3cc(C)c(OC)c(O)c32)[C@@H]1O)OCO4. The number of thioether (sulfide) groups is 2. The number of phenolic OH excluding ortho intramolecular Hbond substituents is 2. The van der Waals surface area contributed by atoms with E-state index in [1.54, 1.807) is 21.3 Å². The Kier molecular flexibility index (Phi) is 17.0. The van der Waals surface area contributed by atoms with E-state index in [4.69, 9.17) is 56.8 Å². The minimum Gasteiger partial charge on any atom is -0.504 e. The van der Waals surface area contributed by atoms with E-state index in [0.29, 0.717) is 135 Å². The van der Waals surface area contributed by atoms with Crippen LogP contribution in [0.15, 0.2) is 48.5 Å². The molecule has 2 spiro atoms. The number of nitriles is 1. The maximum atomic E-state index is 14.9. The first-order chi connectivity index (χ1) is 53.6. The van der Waals surface area contributed by atoms with Crippen LogP contribution in [-0.4, -0.2) is 175 Å². The number of phenols is 2. The highest BCUT2D eigenvalue weighted by Crippen LogP contribution is 2.66. The van der Waals surface area contributed by atoms with Gasteiger partial charge >= 0.3 is 23.9 Å². The maximum Gasteiger partial charge on any atom is 0.333 e. The number of benzene rings is 6. The molecule has 8 aromatic rings. The number of nitrogens with one attached hydrogen (secondary N) is 6. The standard InChI is InChI=1S/C41H41N5O9S.C40H42N4O10S/c1-17-10-20-11-25-26(13-42)46-27-14-52-40(49)41(39-22(8-9-43-41)23-12-21(50-4)6-7-24(23)45-39)15-56-38(32(46)31(44-25)28(20)33(48)34(17)51-5)30-29(27)37-36(53-16-54-37)18(2)35(30)55-19(3)47;1-16-10-19-11-24-38(47)44-25-13-51-39(48)40(37-21(8-9-41-40)22-12-20(49-4)6-7-23(22)43-37)14-55-36(30(44)29(42-24)26(19)31(46)32(16)50-5)28-27(25)35-34(52-15-53-35)17(2)33(28)54-18(3)45/h6-7,10,12,25-27,31-32,38,43-45,48H,8-9,11,14-16H2,1-5H3;6-7,10,12,24-25,29-30,36,38,41-43,46-47H,8-9,11,13-15H2,1-5H3/t25-,26-,27-,31+,32?,38+,41+;24-,25-,29+,30?,36+,38-,40+/m00/s1. The van der Waals surface area contributed by atoms with E-state index in [1.165, 1.54) is 44.5 Å². The van der Waals surface area contributed by atoms with Crippen molar-refractivity contribution < 1.29 is 91.3 Å².